The van der Waals surface area contributed by atoms with Gasteiger partial charge in [0, 0.05) is 12.5 Å². The van der Waals surface area contributed by atoms with Gasteiger partial charge in [-0.05, 0) is 25.7 Å². The molecule has 0 aromatic carbocycles. The molecule has 2 saturated heterocycles. The molecule has 1 aliphatic carbocycles. The van der Waals surface area contributed by atoms with E-state index in [0.717, 1.165) is 32.1 Å². The van der Waals surface area contributed by atoms with Crippen molar-refractivity contribution in [1.29, 1.82) is 0 Å². The first-order valence-electron chi connectivity index (χ1n) is 8.03. The van der Waals surface area contributed by atoms with Crippen molar-refractivity contribution in [2.75, 3.05) is 13.1 Å². The van der Waals surface area contributed by atoms with Gasteiger partial charge >= 0.3 is 6.03 Å². The van der Waals surface area contributed by atoms with Crippen LogP contribution in [-0.4, -0.2) is 41.4 Å². The minimum Gasteiger partial charge on any atom is -0.340 e. The number of likely N-dealkylation sites (tertiary alicyclic amines) is 1. The molecule has 6 nitrogen and oxygen atoms in total. The Morgan fingerprint density at radius 1 is 1.10 bits per heavy atom. The molecule has 0 aromatic heterocycles. The van der Waals surface area contributed by atoms with Gasteiger partial charge in [-0.25, -0.2) is 4.79 Å². The fourth-order valence-corrected chi connectivity index (χ4v) is 3.84. The summed E-state index contributed by atoms with van der Waals surface area (Å²) in [5.74, 6) is -0.0152. The Balaban J connectivity index is 1.69. The monoisotopic (exact) mass is 293 g/mol. The number of carbonyl (C=O) groups excluding carboxylic acids is 3. The summed E-state index contributed by atoms with van der Waals surface area (Å²) in [6.07, 6.45) is 7.95. The summed E-state index contributed by atoms with van der Waals surface area (Å²) in [6, 6.07) is -0.441. The van der Waals surface area contributed by atoms with Gasteiger partial charge in [0.1, 0.15) is 5.54 Å². The maximum atomic E-state index is 12.7. The molecule has 1 atom stereocenters. The molecule has 3 rings (SSSR count). The van der Waals surface area contributed by atoms with E-state index in [-0.39, 0.29) is 17.7 Å². The highest BCUT2D eigenvalue weighted by Gasteiger charge is 2.49. The van der Waals surface area contributed by atoms with E-state index >= 15 is 0 Å². The number of rotatable bonds is 1. The number of amides is 4. The van der Waals surface area contributed by atoms with Crippen molar-refractivity contribution in [2.45, 2.75) is 56.9 Å². The molecule has 3 aliphatic rings. The van der Waals surface area contributed by atoms with Crippen LogP contribution in [0.15, 0.2) is 0 Å². The predicted octanol–water partition coefficient (Wildman–Crippen LogP) is 1.16. The summed E-state index contributed by atoms with van der Waals surface area (Å²) in [6.45, 7) is 1.01. The number of nitrogens with zero attached hydrogens (tertiary/aromatic N) is 1. The van der Waals surface area contributed by atoms with Crippen molar-refractivity contribution in [3.05, 3.63) is 0 Å². The third-order valence-electron chi connectivity index (χ3n) is 5.02. The van der Waals surface area contributed by atoms with Crippen LogP contribution in [0.25, 0.3) is 0 Å². The molecule has 6 heteroatoms. The summed E-state index contributed by atoms with van der Waals surface area (Å²) in [7, 11) is 0. The summed E-state index contributed by atoms with van der Waals surface area (Å²) < 4.78 is 0. The van der Waals surface area contributed by atoms with Gasteiger partial charge in [0.25, 0.3) is 5.91 Å². The molecule has 1 saturated carbocycles. The smallest absolute Gasteiger partial charge is 0.322 e. The zero-order chi connectivity index (χ0) is 14.9. The minimum atomic E-state index is -0.893. The number of hydrogen-bond acceptors (Lipinski definition) is 3. The second kappa shape index (κ2) is 5.66. The summed E-state index contributed by atoms with van der Waals surface area (Å²) in [4.78, 5) is 37.9. The lowest BCUT2D eigenvalue weighted by Gasteiger charge is -2.39. The molecule has 2 aliphatic heterocycles. The van der Waals surface area contributed by atoms with Crippen LogP contribution < -0.4 is 10.6 Å². The van der Waals surface area contributed by atoms with E-state index in [4.69, 9.17) is 0 Å². The molecule has 1 spiro atoms. The van der Waals surface area contributed by atoms with Crippen LogP contribution in [0.3, 0.4) is 0 Å². The van der Waals surface area contributed by atoms with Gasteiger partial charge in [-0.3, -0.25) is 14.9 Å². The minimum absolute atomic E-state index is 0.0998. The Morgan fingerprint density at radius 3 is 2.43 bits per heavy atom. The van der Waals surface area contributed by atoms with Crippen LogP contribution in [0.4, 0.5) is 4.79 Å². The topological polar surface area (TPSA) is 78.5 Å². The second-order valence-corrected chi connectivity index (χ2v) is 6.54. The van der Waals surface area contributed by atoms with E-state index in [9.17, 15) is 14.4 Å². The fourth-order valence-electron chi connectivity index (χ4n) is 3.84. The average molecular weight is 293 g/mol. The number of urea groups is 1. The van der Waals surface area contributed by atoms with Gasteiger partial charge in [0.2, 0.25) is 5.91 Å². The molecular formula is C15H23N3O3. The maximum Gasteiger partial charge on any atom is 0.322 e. The van der Waals surface area contributed by atoms with Crippen LogP contribution in [-0.2, 0) is 9.59 Å². The average Bonchev–Trinajstić information content (AvgIpc) is 2.68. The molecule has 2 heterocycles. The first-order chi connectivity index (χ1) is 10.1. The zero-order valence-electron chi connectivity index (χ0n) is 12.3. The normalized spacial score (nSPS) is 31.0. The third-order valence-corrected chi connectivity index (χ3v) is 5.02. The number of nitrogens with one attached hydrogen (secondary N) is 2. The molecule has 2 N–H and O–H groups in total. The van der Waals surface area contributed by atoms with Crippen molar-refractivity contribution in [2.24, 2.45) is 5.92 Å². The molecule has 0 bridgehead atoms. The SMILES string of the molecule is O=C1NC(=O)C2(CCCN(C(=O)C3CCCCCC3)C2)N1. The Hall–Kier alpha value is -1.59. The molecule has 3 fully saturated rings. The Kier molecular flexibility index (Phi) is 3.87. The van der Waals surface area contributed by atoms with Gasteiger partial charge in [-0.15, -0.1) is 0 Å². The van der Waals surface area contributed by atoms with Gasteiger partial charge < -0.3 is 10.2 Å². The van der Waals surface area contributed by atoms with E-state index < -0.39 is 11.6 Å². The van der Waals surface area contributed by atoms with E-state index in [1.54, 1.807) is 4.90 Å². The highest BCUT2D eigenvalue weighted by molar-refractivity contribution is 6.07. The van der Waals surface area contributed by atoms with Crippen molar-refractivity contribution in [3.63, 3.8) is 0 Å². The standard InChI is InChI=1S/C15H23N3O3/c19-12(11-6-3-1-2-4-7-11)18-9-5-8-15(10-18)13(20)16-14(21)17-15/h11H,1-10H2,(H2,16,17,20,21). The zero-order valence-corrected chi connectivity index (χ0v) is 12.3. The highest BCUT2D eigenvalue weighted by atomic mass is 16.2. The number of piperidine rings is 1. The Morgan fingerprint density at radius 2 is 1.81 bits per heavy atom. The van der Waals surface area contributed by atoms with E-state index in [2.05, 4.69) is 10.6 Å². The number of hydrogen-bond donors (Lipinski definition) is 2. The molecule has 4 amide bonds. The van der Waals surface area contributed by atoms with Gasteiger partial charge in [0.05, 0.1) is 6.54 Å². The quantitative estimate of drug-likeness (QED) is 0.562. The largest absolute Gasteiger partial charge is 0.340 e. The molecule has 21 heavy (non-hydrogen) atoms. The van der Waals surface area contributed by atoms with Crippen LogP contribution in [0.2, 0.25) is 0 Å². The second-order valence-electron chi connectivity index (χ2n) is 6.54. The summed E-state index contributed by atoms with van der Waals surface area (Å²) in [5.41, 5.74) is -0.893. The van der Waals surface area contributed by atoms with E-state index in [1.807, 2.05) is 0 Å². The first-order valence-corrected chi connectivity index (χ1v) is 8.03. The number of carbonyl (C=O) groups is 3. The van der Waals surface area contributed by atoms with Crippen molar-refractivity contribution in [3.8, 4) is 0 Å². The predicted molar refractivity (Wildman–Crippen MR) is 76.4 cm³/mol. The maximum absolute atomic E-state index is 12.7. The molecule has 0 aromatic rings. The molecular weight excluding hydrogens is 270 g/mol. The lowest BCUT2D eigenvalue weighted by Crippen LogP contribution is -2.60. The summed E-state index contributed by atoms with van der Waals surface area (Å²) >= 11 is 0. The van der Waals surface area contributed by atoms with Crippen LogP contribution in [0, 0.1) is 5.92 Å². The van der Waals surface area contributed by atoms with Crippen LogP contribution in [0.5, 0.6) is 0 Å². The lowest BCUT2D eigenvalue weighted by molar-refractivity contribution is -0.140. The van der Waals surface area contributed by atoms with Gasteiger partial charge in [-0.2, -0.15) is 0 Å². The van der Waals surface area contributed by atoms with Crippen molar-refractivity contribution >= 4 is 17.8 Å². The molecule has 0 radical (unpaired) electrons. The lowest BCUT2D eigenvalue weighted by atomic mass is 9.87. The first kappa shape index (κ1) is 14.4. The Labute approximate surface area is 124 Å². The Bertz CT molecular complexity index is 457. The van der Waals surface area contributed by atoms with Gasteiger partial charge in [-0.1, -0.05) is 25.7 Å². The van der Waals surface area contributed by atoms with Crippen molar-refractivity contribution in [1.82, 2.24) is 15.5 Å². The van der Waals surface area contributed by atoms with E-state index in [0.29, 0.717) is 19.5 Å². The fraction of sp³-hybridized carbons (Fsp3) is 0.800. The molecule has 1 unspecified atom stereocenters. The van der Waals surface area contributed by atoms with Gasteiger partial charge in [0.15, 0.2) is 0 Å². The van der Waals surface area contributed by atoms with Crippen LogP contribution >= 0.6 is 0 Å². The van der Waals surface area contributed by atoms with Crippen LogP contribution in [0.1, 0.15) is 51.4 Å². The van der Waals surface area contributed by atoms with Crippen molar-refractivity contribution < 1.29 is 14.4 Å². The molecule has 116 valence electrons. The van der Waals surface area contributed by atoms with E-state index in [1.165, 1.54) is 12.8 Å². The third kappa shape index (κ3) is 2.76. The number of imide groups is 1. The highest BCUT2D eigenvalue weighted by Crippen LogP contribution is 2.29. The summed E-state index contributed by atoms with van der Waals surface area (Å²) in [5, 5.41) is 5.03.